The van der Waals surface area contributed by atoms with Crippen molar-refractivity contribution in [2.75, 3.05) is 13.7 Å². The van der Waals surface area contributed by atoms with E-state index in [1.165, 1.54) is 24.0 Å². The lowest BCUT2D eigenvalue weighted by Crippen LogP contribution is -2.67. The molecule has 0 aromatic heterocycles. The molecule has 2 saturated carbocycles. The van der Waals surface area contributed by atoms with Gasteiger partial charge in [0.15, 0.2) is 11.5 Å². The lowest BCUT2D eigenvalue weighted by molar-refractivity contribution is -0.0932. The smallest absolute Gasteiger partial charge is 0.165 e. The molecule has 2 heterocycles. The second kappa shape index (κ2) is 5.15. The van der Waals surface area contributed by atoms with Gasteiger partial charge >= 0.3 is 0 Å². The Bertz CT molecular complexity index is 763. The van der Waals surface area contributed by atoms with E-state index in [1.54, 1.807) is 7.11 Å². The Labute approximate surface area is 154 Å². The molecule has 0 N–H and O–H groups in total. The average molecular weight is 357 g/mol. The molecular formula is C22H28FNO2. The fourth-order valence-electron chi connectivity index (χ4n) is 7.02. The minimum Gasteiger partial charge on any atom is -0.493 e. The zero-order chi connectivity index (χ0) is 17.6. The molecule has 5 aliphatic rings. The summed E-state index contributed by atoms with van der Waals surface area (Å²) in [7, 11) is 1.69. The van der Waals surface area contributed by atoms with Gasteiger partial charge in [0.1, 0.15) is 12.3 Å². The summed E-state index contributed by atoms with van der Waals surface area (Å²) in [5.41, 5.74) is 2.56. The first-order valence-electron chi connectivity index (χ1n) is 10.4. The third-order valence-electron chi connectivity index (χ3n) is 8.32. The van der Waals surface area contributed by atoms with Crippen LogP contribution in [0.1, 0.15) is 50.2 Å². The van der Waals surface area contributed by atoms with Gasteiger partial charge in [-0.2, -0.15) is 0 Å². The molecule has 1 aromatic carbocycles. The fraction of sp³-hybridized carbons (Fsp3) is 0.727. The number of ether oxygens (including phenoxy) is 2. The van der Waals surface area contributed by atoms with Crippen molar-refractivity contribution in [3.8, 4) is 11.5 Å². The molecule has 0 amide bonds. The highest BCUT2D eigenvalue weighted by molar-refractivity contribution is 5.61. The molecule has 3 nitrogen and oxygen atoms in total. The van der Waals surface area contributed by atoms with E-state index in [-0.39, 0.29) is 11.5 Å². The van der Waals surface area contributed by atoms with Crippen molar-refractivity contribution in [1.29, 1.82) is 0 Å². The topological polar surface area (TPSA) is 21.7 Å². The predicted molar refractivity (Wildman–Crippen MR) is 97.7 cm³/mol. The average Bonchev–Trinajstić information content (AvgIpc) is 3.43. The monoisotopic (exact) mass is 357 g/mol. The van der Waals surface area contributed by atoms with Gasteiger partial charge in [-0.05, 0) is 75.5 Å². The molecule has 26 heavy (non-hydrogen) atoms. The molecule has 2 aliphatic heterocycles. The van der Waals surface area contributed by atoms with Gasteiger partial charge in [-0.3, -0.25) is 4.90 Å². The van der Waals surface area contributed by atoms with Crippen molar-refractivity contribution in [2.45, 2.75) is 75.2 Å². The SMILES string of the molecule is COc1ccc2c3c1O[C@@H]1C(F)CCC4[C@H](C2)N(C(C)C2CC2)CC[C@]341. The standard InChI is InChI=1S/C22H28FNO2/c1-12(13-3-4-13)24-10-9-22-15-6-7-16(23)21(22)26-20-18(25-2)8-5-14(19(20)22)11-17(15)24/h5,8,12-13,15-17,21H,3-4,6-7,9-11H2,1-2H3/t12?,15?,16?,17-,21+,22+/m0/s1. The Kier molecular flexibility index (Phi) is 3.12. The summed E-state index contributed by atoms with van der Waals surface area (Å²) in [6.07, 6.45) is 5.36. The van der Waals surface area contributed by atoms with Gasteiger partial charge in [0.05, 0.1) is 7.11 Å². The van der Waals surface area contributed by atoms with E-state index in [0.717, 1.165) is 43.2 Å². The zero-order valence-electron chi connectivity index (χ0n) is 15.7. The van der Waals surface area contributed by atoms with Gasteiger partial charge in [0, 0.05) is 23.1 Å². The van der Waals surface area contributed by atoms with E-state index in [2.05, 4.69) is 17.9 Å². The van der Waals surface area contributed by atoms with Crippen LogP contribution in [-0.4, -0.2) is 42.9 Å². The summed E-state index contributed by atoms with van der Waals surface area (Å²) in [5, 5.41) is 0. The van der Waals surface area contributed by atoms with Crippen LogP contribution in [0.2, 0.25) is 0 Å². The number of methoxy groups -OCH3 is 1. The van der Waals surface area contributed by atoms with Gasteiger partial charge in [-0.25, -0.2) is 4.39 Å². The lowest BCUT2D eigenvalue weighted by atomic mass is 9.51. The number of rotatable bonds is 3. The molecular weight excluding hydrogens is 329 g/mol. The summed E-state index contributed by atoms with van der Waals surface area (Å²) in [4.78, 5) is 2.79. The van der Waals surface area contributed by atoms with E-state index in [9.17, 15) is 0 Å². The largest absolute Gasteiger partial charge is 0.493 e. The maximum atomic E-state index is 15.1. The quantitative estimate of drug-likeness (QED) is 0.820. The highest BCUT2D eigenvalue weighted by atomic mass is 19.1. The van der Waals surface area contributed by atoms with Gasteiger partial charge in [0.25, 0.3) is 0 Å². The highest BCUT2D eigenvalue weighted by Gasteiger charge is 2.66. The van der Waals surface area contributed by atoms with Crippen LogP contribution >= 0.6 is 0 Å². The third kappa shape index (κ3) is 1.77. The highest BCUT2D eigenvalue weighted by Crippen LogP contribution is 2.64. The Hall–Kier alpha value is -1.29. The molecule has 3 aliphatic carbocycles. The first-order chi connectivity index (χ1) is 12.6. The van der Waals surface area contributed by atoms with Crippen LogP contribution in [0.5, 0.6) is 11.5 Å². The van der Waals surface area contributed by atoms with Crippen molar-refractivity contribution >= 4 is 0 Å². The first-order valence-corrected chi connectivity index (χ1v) is 10.4. The van der Waals surface area contributed by atoms with Gasteiger partial charge in [0.2, 0.25) is 0 Å². The number of likely N-dealkylation sites (tertiary alicyclic amines) is 1. The number of alkyl halides is 1. The van der Waals surface area contributed by atoms with E-state index in [1.807, 2.05) is 6.07 Å². The Balaban J connectivity index is 1.52. The van der Waals surface area contributed by atoms with Crippen LogP contribution in [0.15, 0.2) is 12.1 Å². The molecule has 2 bridgehead atoms. The zero-order valence-corrected chi connectivity index (χ0v) is 15.7. The maximum absolute atomic E-state index is 15.1. The molecule has 0 radical (unpaired) electrons. The normalized spacial score (nSPS) is 41.3. The van der Waals surface area contributed by atoms with Crippen molar-refractivity contribution in [2.24, 2.45) is 11.8 Å². The summed E-state index contributed by atoms with van der Waals surface area (Å²) in [6.45, 7) is 3.51. The second-order valence-electron chi connectivity index (χ2n) is 9.25. The predicted octanol–water partition coefficient (Wildman–Crippen LogP) is 3.87. The van der Waals surface area contributed by atoms with Crippen LogP contribution in [0.25, 0.3) is 0 Å². The molecule has 1 saturated heterocycles. The van der Waals surface area contributed by atoms with Crippen LogP contribution in [0.4, 0.5) is 4.39 Å². The second-order valence-corrected chi connectivity index (χ2v) is 9.25. The fourth-order valence-corrected chi connectivity index (χ4v) is 7.02. The molecule has 3 unspecified atom stereocenters. The number of halogens is 1. The van der Waals surface area contributed by atoms with Crippen LogP contribution in [0, 0.1) is 11.8 Å². The van der Waals surface area contributed by atoms with E-state index < -0.39 is 6.17 Å². The van der Waals surface area contributed by atoms with Crippen LogP contribution < -0.4 is 9.47 Å². The number of piperidine rings is 1. The van der Waals surface area contributed by atoms with Crippen molar-refractivity contribution in [1.82, 2.24) is 4.90 Å². The van der Waals surface area contributed by atoms with Gasteiger partial charge in [-0.15, -0.1) is 0 Å². The number of nitrogens with zero attached hydrogens (tertiary/aromatic N) is 1. The lowest BCUT2D eigenvalue weighted by Gasteiger charge is -2.60. The molecule has 3 fully saturated rings. The Morgan fingerprint density at radius 1 is 1.27 bits per heavy atom. The summed E-state index contributed by atoms with van der Waals surface area (Å²) < 4.78 is 27.0. The molecule has 6 atom stereocenters. The van der Waals surface area contributed by atoms with Gasteiger partial charge in [-0.1, -0.05) is 6.07 Å². The molecule has 1 spiro atoms. The summed E-state index contributed by atoms with van der Waals surface area (Å²) in [6, 6.07) is 5.46. The minimum absolute atomic E-state index is 0.125. The molecule has 1 aromatic rings. The Morgan fingerprint density at radius 3 is 2.88 bits per heavy atom. The minimum atomic E-state index is -0.859. The van der Waals surface area contributed by atoms with E-state index in [0.29, 0.717) is 24.4 Å². The molecule has 6 rings (SSSR count). The number of hydrogen-bond acceptors (Lipinski definition) is 3. The van der Waals surface area contributed by atoms with Crippen LogP contribution in [-0.2, 0) is 11.8 Å². The van der Waals surface area contributed by atoms with Crippen molar-refractivity contribution in [3.05, 3.63) is 23.3 Å². The summed E-state index contributed by atoms with van der Waals surface area (Å²) >= 11 is 0. The summed E-state index contributed by atoms with van der Waals surface area (Å²) in [5.74, 6) is 3.04. The Morgan fingerprint density at radius 2 is 2.12 bits per heavy atom. The van der Waals surface area contributed by atoms with Crippen molar-refractivity contribution in [3.63, 3.8) is 0 Å². The van der Waals surface area contributed by atoms with Crippen LogP contribution in [0.3, 0.4) is 0 Å². The van der Waals surface area contributed by atoms with Crippen molar-refractivity contribution < 1.29 is 13.9 Å². The van der Waals surface area contributed by atoms with E-state index >= 15 is 4.39 Å². The first kappa shape index (κ1) is 15.7. The maximum Gasteiger partial charge on any atom is 0.165 e. The number of benzene rings is 1. The molecule has 4 heteroatoms. The third-order valence-corrected chi connectivity index (χ3v) is 8.32. The van der Waals surface area contributed by atoms with Gasteiger partial charge < -0.3 is 9.47 Å². The molecule has 140 valence electrons. The number of hydrogen-bond donors (Lipinski definition) is 0. The van der Waals surface area contributed by atoms with E-state index in [4.69, 9.17) is 9.47 Å².